The Morgan fingerprint density at radius 2 is 1.58 bits per heavy atom. The Kier molecular flexibility index (Phi) is 8.29. The maximum Gasteiger partial charge on any atom is 0.328 e. The first-order chi connectivity index (χ1) is 15.8. The third kappa shape index (κ3) is 7.24. The topological polar surface area (TPSA) is 95.5 Å². The number of halogens is 1. The van der Waals surface area contributed by atoms with Crippen LogP contribution in [-0.2, 0) is 14.4 Å². The van der Waals surface area contributed by atoms with Gasteiger partial charge in [0.15, 0.2) is 0 Å². The van der Waals surface area contributed by atoms with Crippen molar-refractivity contribution in [2.24, 2.45) is 0 Å². The van der Waals surface area contributed by atoms with Crippen molar-refractivity contribution in [2.45, 2.75) is 17.1 Å². The predicted octanol–water partition coefficient (Wildman–Crippen LogP) is 5.70. The van der Waals surface area contributed by atoms with Crippen LogP contribution in [0.2, 0.25) is 5.02 Å². The second-order valence-electron chi connectivity index (χ2n) is 7.05. The van der Waals surface area contributed by atoms with E-state index in [1.54, 1.807) is 30.3 Å². The fraction of sp³-hybridized carbons (Fsp3) is 0.0800. The average Bonchev–Trinajstić information content (AvgIpc) is 2.80. The molecule has 0 aliphatic heterocycles. The van der Waals surface area contributed by atoms with Crippen LogP contribution in [0.4, 0.5) is 11.4 Å². The standard InChI is InChI=1S/C25H21ClN2O4S/c1-16-7-8-19(15-21(16)26)28-25(32)24(17-5-3-2-4-6-17)33-20-11-9-18(10-12-20)27-22(29)13-14-23(30)31/h2-15,24H,1H3,(H,27,29)(H,28,32)(H,30,31)/b14-13+. The van der Waals surface area contributed by atoms with Gasteiger partial charge in [-0.15, -0.1) is 11.8 Å². The number of nitrogens with one attached hydrogen (secondary N) is 2. The van der Waals surface area contributed by atoms with Gasteiger partial charge in [-0.25, -0.2) is 4.79 Å². The normalized spacial score (nSPS) is 11.7. The number of hydrogen-bond acceptors (Lipinski definition) is 4. The SMILES string of the molecule is Cc1ccc(NC(=O)C(Sc2ccc(NC(=O)/C=C/C(=O)O)cc2)c2ccccc2)cc1Cl. The Hall–Kier alpha value is -3.55. The van der Waals surface area contributed by atoms with E-state index in [9.17, 15) is 14.4 Å². The number of carboxylic acids is 1. The lowest BCUT2D eigenvalue weighted by molar-refractivity contribution is -0.131. The Balaban J connectivity index is 1.75. The summed E-state index contributed by atoms with van der Waals surface area (Å²) in [4.78, 5) is 36.2. The number of benzene rings is 3. The Morgan fingerprint density at radius 3 is 2.21 bits per heavy atom. The molecule has 3 N–H and O–H groups in total. The van der Waals surface area contributed by atoms with Gasteiger partial charge < -0.3 is 15.7 Å². The van der Waals surface area contributed by atoms with Gasteiger partial charge in [-0.3, -0.25) is 9.59 Å². The predicted molar refractivity (Wildman–Crippen MR) is 132 cm³/mol. The van der Waals surface area contributed by atoms with Crippen LogP contribution in [-0.4, -0.2) is 22.9 Å². The summed E-state index contributed by atoms with van der Waals surface area (Å²) < 4.78 is 0. The Morgan fingerprint density at radius 1 is 0.909 bits per heavy atom. The van der Waals surface area contributed by atoms with Crippen molar-refractivity contribution in [3.63, 3.8) is 0 Å². The molecule has 3 rings (SSSR count). The molecule has 33 heavy (non-hydrogen) atoms. The van der Waals surface area contributed by atoms with Crippen molar-refractivity contribution >= 4 is 52.5 Å². The van der Waals surface area contributed by atoms with Crippen LogP contribution < -0.4 is 10.6 Å². The number of hydrogen-bond donors (Lipinski definition) is 3. The molecule has 3 aromatic rings. The molecule has 0 heterocycles. The number of aryl methyl sites for hydroxylation is 1. The zero-order valence-corrected chi connectivity index (χ0v) is 19.2. The molecule has 0 saturated carbocycles. The molecule has 0 aromatic heterocycles. The van der Waals surface area contributed by atoms with E-state index < -0.39 is 17.1 Å². The van der Waals surface area contributed by atoms with Crippen molar-refractivity contribution in [3.8, 4) is 0 Å². The molecule has 2 amide bonds. The number of anilines is 2. The van der Waals surface area contributed by atoms with Crippen molar-refractivity contribution in [1.82, 2.24) is 0 Å². The van der Waals surface area contributed by atoms with Crippen molar-refractivity contribution in [1.29, 1.82) is 0 Å². The maximum atomic E-state index is 13.2. The van der Waals surface area contributed by atoms with E-state index in [4.69, 9.17) is 16.7 Å². The second kappa shape index (κ2) is 11.4. The molecule has 0 fully saturated rings. The summed E-state index contributed by atoms with van der Waals surface area (Å²) in [5.41, 5.74) is 2.89. The zero-order valence-electron chi connectivity index (χ0n) is 17.6. The molecule has 1 atom stereocenters. The highest BCUT2D eigenvalue weighted by molar-refractivity contribution is 8.00. The molecule has 0 aliphatic rings. The van der Waals surface area contributed by atoms with Crippen LogP contribution in [0, 0.1) is 6.92 Å². The summed E-state index contributed by atoms with van der Waals surface area (Å²) >= 11 is 7.56. The van der Waals surface area contributed by atoms with Crippen molar-refractivity contribution < 1.29 is 19.5 Å². The van der Waals surface area contributed by atoms with Gasteiger partial charge in [-0.1, -0.05) is 48.0 Å². The minimum absolute atomic E-state index is 0.192. The van der Waals surface area contributed by atoms with Gasteiger partial charge in [0.05, 0.1) is 0 Å². The summed E-state index contributed by atoms with van der Waals surface area (Å²) in [6.45, 7) is 1.89. The number of carbonyl (C=O) groups excluding carboxylic acids is 2. The van der Waals surface area contributed by atoms with Crippen molar-refractivity contribution in [3.05, 3.63) is 101 Å². The van der Waals surface area contributed by atoms with Gasteiger partial charge in [-0.2, -0.15) is 0 Å². The summed E-state index contributed by atoms with van der Waals surface area (Å²) in [7, 11) is 0. The fourth-order valence-corrected chi connectivity index (χ4v) is 4.07. The van der Waals surface area contributed by atoms with E-state index in [1.807, 2.05) is 49.4 Å². The van der Waals surface area contributed by atoms with Gasteiger partial charge in [0, 0.05) is 33.4 Å². The second-order valence-corrected chi connectivity index (χ2v) is 8.63. The molecular formula is C25H21ClN2O4S. The van der Waals surface area contributed by atoms with E-state index in [-0.39, 0.29) is 5.91 Å². The Labute approximate surface area is 200 Å². The van der Waals surface area contributed by atoms with Gasteiger partial charge in [-0.05, 0) is 54.4 Å². The van der Waals surface area contributed by atoms with E-state index in [0.29, 0.717) is 16.4 Å². The summed E-state index contributed by atoms with van der Waals surface area (Å²) in [5.74, 6) is -1.94. The third-order valence-corrected chi connectivity index (χ3v) is 6.21. The van der Waals surface area contributed by atoms with Gasteiger partial charge >= 0.3 is 5.97 Å². The summed E-state index contributed by atoms with van der Waals surface area (Å²) in [6, 6.07) is 21.7. The highest BCUT2D eigenvalue weighted by Gasteiger charge is 2.22. The van der Waals surface area contributed by atoms with E-state index in [1.165, 1.54) is 11.8 Å². The minimum Gasteiger partial charge on any atom is -0.478 e. The molecule has 8 heteroatoms. The number of thioether (sulfide) groups is 1. The van der Waals surface area contributed by atoms with Crippen LogP contribution in [0.5, 0.6) is 0 Å². The molecular weight excluding hydrogens is 460 g/mol. The lowest BCUT2D eigenvalue weighted by Gasteiger charge is -2.18. The highest BCUT2D eigenvalue weighted by Crippen LogP contribution is 2.37. The summed E-state index contributed by atoms with van der Waals surface area (Å²) in [6.07, 6.45) is 1.71. The molecule has 6 nitrogen and oxygen atoms in total. The highest BCUT2D eigenvalue weighted by atomic mass is 35.5. The molecule has 3 aromatic carbocycles. The fourth-order valence-electron chi connectivity index (χ4n) is 2.86. The number of carbonyl (C=O) groups is 3. The van der Waals surface area contributed by atoms with Gasteiger partial charge in [0.1, 0.15) is 5.25 Å². The van der Waals surface area contributed by atoms with Crippen LogP contribution in [0.25, 0.3) is 0 Å². The number of carboxylic acid groups (broad SMARTS) is 1. The number of amides is 2. The molecule has 168 valence electrons. The number of aliphatic carboxylic acids is 1. The van der Waals surface area contributed by atoms with Gasteiger partial charge in [0.2, 0.25) is 11.8 Å². The van der Waals surface area contributed by atoms with Gasteiger partial charge in [0.25, 0.3) is 0 Å². The first kappa shape index (κ1) is 24.1. The molecule has 0 bridgehead atoms. The average molecular weight is 481 g/mol. The quantitative estimate of drug-likeness (QED) is 0.284. The van der Waals surface area contributed by atoms with Crippen LogP contribution in [0.1, 0.15) is 16.4 Å². The monoisotopic (exact) mass is 480 g/mol. The van der Waals surface area contributed by atoms with E-state index in [0.717, 1.165) is 28.2 Å². The molecule has 0 spiro atoms. The minimum atomic E-state index is -1.20. The Bertz CT molecular complexity index is 1180. The van der Waals surface area contributed by atoms with E-state index >= 15 is 0 Å². The van der Waals surface area contributed by atoms with E-state index in [2.05, 4.69) is 10.6 Å². The first-order valence-corrected chi connectivity index (χ1v) is 11.2. The first-order valence-electron chi connectivity index (χ1n) is 9.92. The zero-order chi connectivity index (χ0) is 23.8. The van der Waals surface area contributed by atoms with Crippen LogP contribution >= 0.6 is 23.4 Å². The van der Waals surface area contributed by atoms with Crippen molar-refractivity contribution in [2.75, 3.05) is 10.6 Å². The summed E-state index contributed by atoms with van der Waals surface area (Å²) in [5, 5.41) is 14.2. The lowest BCUT2D eigenvalue weighted by Crippen LogP contribution is -2.19. The third-order valence-electron chi connectivity index (χ3n) is 4.53. The largest absolute Gasteiger partial charge is 0.478 e. The van der Waals surface area contributed by atoms with Crippen LogP contribution in [0.15, 0.2) is 89.8 Å². The molecule has 0 radical (unpaired) electrons. The maximum absolute atomic E-state index is 13.2. The molecule has 1 unspecified atom stereocenters. The van der Waals surface area contributed by atoms with Crippen LogP contribution in [0.3, 0.4) is 0 Å². The molecule has 0 saturated heterocycles. The lowest BCUT2D eigenvalue weighted by atomic mass is 10.1. The smallest absolute Gasteiger partial charge is 0.328 e. The number of rotatable bonds is 8. The molecule has 0 aliphatic carbocycles.